The number of ether oxygens (including phenoxy) is 2. The van der Waals surface area contributed by atoms with E-state index in [4.69, 9.17) is 9.47 Å². The molecule has 284 valence electrons. The number of allylic oxidation sites excluding steroid dienone is 1. The first-order valence-electron chi connectivity index (χ1n) is 18.1. The maximum Gasteiger partial charge on any atom is 0.410 e. The summed E-state index contributed by atoms with van der Waals surface area (Å²) >= 11 is 1.67. The molecule has 1 saturated heterocycles. The first kappa shape index (κ1) is 38.0. The van der Waals surface area contributed by atoms with Crippen LogP contribution in [0.3, 0.4) is 0 Å². The van der Waals surface area contributed by atoms with Crippen molar-refractivity contribution >= 4 is 51.7 Å². The summed E-state index contributed by atoms with van der Waals surface area (Å²) in [5, 5.41) is 4.89. The van der Waals surface area contributed by atoms with Crippen LogP contribution in [0.4, 0.5) is 9.59 Å². The number of nitrogens with one attached hydrogen (secondary N) is 3. The molecule has 3 N–H and O–H groups in total. The Balaban J connectivity index is 1.26. The van der Waals surface area contributed by atoms with Gasteiger partial charge in [-0.3, -0.25) is 24.0 Å². The number of rotatable bonds is 6. The average Bonchev–Trinajstić information content (AvgIpc) is 3.97. The molecule has 3 heterocycles. The van der Waals surface area contributed by atoms with Gasteiger partial charge < -0.3 is 25.0 Å². The summed E-state index contributed by atoms with van der Waals surface area (Å²) in [5.74, 6) is -1.62. The van der Waals surface area contributed by atoms with E-state index in [1.165, 1.54) is 4.90 Å². The number of thioether (sulfide) groups is 1. The van der Waals surface area contributed by atoms with Gasteiger partial charge in [0, 0.05) is 23.6 Å². The molecule has 2 saturated carbocycles. The maximum atomic E-state index is 14.4. The highest BCUT2D eigenvalue weighted by molar-refractivity contribution is 7.99. The van der Waals surface area contributed by atoms with E-state index in [1.54, 1.807) is 37.4 Å². The molecule has 1 unspecified atom stereocenters. The standard InChI is InChI=1S/C36H49N5O9S2/c1-5-23-18-36(23,32(44)39-52(47,48)25-13-14-25)38-30(42)27-17-24-20-41(27)31(43)29(35(2,3)4)37-33(45)49-15-8-6-7-9-16-51-28-12-10-11-22-19-40(21-26(22)28)34(46)50-24/h7,9-12,23-25,27,29H,5-6,8,13-21H2,1-4H3,(H,37,45)(H,38,42)(H,39,44)/b9-7+/t23-,24+,27?,29+,36-/m0/s1. The van der Waals surface area contributed by atoms with Crippen LogP contribution >= 0.6 is 11.8 Å². The Labute approximate surface area is 309 Å². The molecule has 0 radical (unpaired) electrons. The van der Waals surface area contributed by atoms with Crippen LogP contribution in [0, 0.1) is 11.3 Å². The van der Waals surface area contributed by atoms with E-state index in [9.17, 15) is 32.4 Å². The van der Waals surface area contributed by atoms with Crippen LogP contribution in [0.1, 0.15) is 83.8 Å². The van der Waals surface area contributed by atoms with Gasteiger partial charge in [-0.1, -0.05) is 58.4 Å². The van der Waals surface area contributed by atoms with Crippen molar-refractivity contribution in [2.24, 2.45) is 11.3 Å². The SMILES string of the molecule is CC[C@H]1C[C@@]1(NC(=O)C1C[C@@H]2CN1C(=O)[C@H](C(C)(C)C)NC(=O)OCCC/C=C/CSc1cccc3c1CN(C3)C(=O)O2)C(=O)NS(=O)(=O)C1CC1. The van der Waals surface area contributed by atoms with E-state index in [1.807, 2.05) is 31.2 Å². The zero-order valence-electron chi connectivity index (χ0n) is 30.1. The summed E-state index contributed by atoms with van der Waals surface area (Å²) in [7, 11) is -3.88. The summed E-state index contributed by atoms with van der Waals surface area (Å²) < 4.78 is 38.9. The minimum absolute atomic E-state index is 0.0618. The predicted octanol–water partition coefficient (Wildman–Crippen LogP) is 3.58. The Bertz CT molecular complexity index is 1740. The first-order chi connectivity index (χ1) is 24.6. The van der Waals surface area contributed by atoms with E-state index in [0.717, 1.165) is 21.8 Å². The number of hydrogen-bond acceptors (Lipinski definition) is 10. The highest BCUT2D eigenvalue weighted by atomic mass is 32.2. The van der Waals surface area contributed by atoms with Gasteiger partial charge in [-0.25, -0.2) is 18.0 Å². The van der Waals surface area contributed by atoms with Crippen molar-refractivity contribution in [3.8, 4) is 0 Å². The van der Waals surface area contributed by atoms with Crippen molar-refractivity contribution in [3.63, 3.8) is 0 Å². The fourth-order valence-corrected chi connectivity index (χ4v) is 9.53. The van der Waals surface area contributed by atoms with Crippen molar-refractivity contribution in [2.75, 3.05) is 18.9 Å². The van der Waals surface area contributed by atoms with Gasteiger partial charge in [0.2, 0.25) is 21.8 Å². The molecule has 1 aromatic carbocycles. The second-order valence-electron chi connectivity index (χ2n) is 15.4. The Hall–Kier alpha value is -3.79. The number of cyclic esters (lactones) is 1. The Morgan fingerprint density at radius 1 is 1.12 bits per heavy atom. The highest BCUT2D eigenvalue weighted by Crippen LogP contribution is 2.47. The molecule has 5 amide bonds. The second-order valence-corrected chi connectivity index (χ2v) is 18.5. The Morgan fingerprint density at radius 3 is 2.58 bits per heavy atom. The monoisotopic (exact) mass is 759 g/mol. The highest BCUT2D eigenvalue weighted by Gasteiger charge is 2.62. The molecule has 5 aliphatic rings. The molecule has 4 bridgehead atoms. The smallest absolute Gasteiger partial charge is 0.410 e. The normalized spacial score (nSPS) is 29.3. The van der Waals surface area contributed by atoms with Gasteiger partial charge in [0.25, 0.3) is 5.91 Å². The number of sulfonamides is 1. The van der Waals surface area contributed by atoms with E-state index in [0.29, 0.717) is 45.2 Å². The van der Waals surface area contributed by atoms with Crippen LogP contribution in [0.2, 0.25) is 0 Å². The van der Waals surface area contributed by atoms with Gasteiger partial charge in [0.05, 0.1) is 24.9 Å². The van der Waals surface area contributed by atoms with Gasteiger partial charge in [0.15, 0.2) is 0 Å². The molecule has 2 aliphatic carbocycles. The molecular weight excluding hydrogens is 711 g/mol. The minimum atomic E-state index is -3.88. The molecule has 3 aliphatic heterocycles. The molecule has 16 heteroatoms. The number of nitrogens with zero attached hydrogens (tertiary/aromatic N) is 2. The lowest BCUT2D eigenvalue weighted by Crippen LogP contribution is -2.60. The minimum Gasteiger partial charge on any atom is -0.450 e. The number of hydrogen-bond donors (Lipinski definition) is 3. The number of amides is 5. The number of fused-ring (bicyclic) bond motifs is 3. The number of carbonyl (C=O) groups is 5. The van der Waals surface area contributed by atoms with Gasteiger partial charge in [0.1, 0.15) is 23.7 Å². The maximum absolute atomic E-state index is 14.4. The van der Waals surface area contributed by atoms with E-state index < -0.39 is 74.3 Å². The van der Waals surface area contributed by atoms with Gasteiger partial charge in [-0.05, 0) is 60.6 Å². The summed E-state index contributed by atoms with van der Waals surface area (Å²) in [6.45, 7) is 7.90. The average molecular weight is 760 g/mol. The van der Waals surface area contributed by atoms with Crippen molar-refractivity contribution in [2.45, 2.75) is 120 Å². The van der Waals surface area contributed by atoms with E-state index in [2.05, 4.69) is 21.4 Å². The predicted molar refractivity (Wildman–Crippen MR) is 192 cm³/mol. The molecular formula is C36H49N5O9S2. The Kier molecular flexibility index (Phi) is 10.9. The molecule has 6 rings (SSSR count). The molecule has 0 spiro atoms. The summed E-state index contributed by atoms with van der Waals surface area (Å²) in [4.78, 5) is 72.6. The van der Waals surface area contributed by atoms with Gasteiger partial charge in [-0.2, -0.15) is 0 Å². The lowest BCUT2D eigenvalue weighted by molar-refractivity contribution is -0.143. The topological polar surface area (TPSA) is 181 Å². The molecule has 5 atom stereocenters. The van der Waals surface area contributed by atoms with E-state index in [-0.39, 0.29) is 31.9 Å². The fourth-order valence-electron chi connectivity index (χ4n) is 7.21. The third-order valence-electron chi connectivity index (χ3n) is 10.5. The van der Waals surface area contributed by atoms with Crippen LogP contribution in [-0.2, 0) is 47.0 Å². The van der Waals surface area contributed by atoms with Crippen LogP contribution in [0.15, 0.2) is 35.2 Å². The van der Waals surface area contributed by atoms with E-state index >= 15 is 0 Å². The lowest BCUT2D eigenvalue weighted by Gasteiger charge is -2.35. The summed E-state index contributed by atoms with van der Waals surface area (Å²) in [6, 6.07) is 3.68. The zero-order valence-corrected chi connectivity index (χ0v) is 31.8. The summed E-state index contributed by atoms with van der Waals surface area (Å²) in [6.07, 6.45) is 4.77. The molecule has 52 heavy (non-hydrogen) atoms. The fraction of sp³-hybridized carbons (Fsp3) is 0.639. The van der Waals surface area contributed by atoms with Crippen LogP contribution in [0.25, 0.3) is 0 Å². The largest absolute Gasteiger partial charge is 0.450 e. The number of carbonyl (C=O) groups excluding carboxylic acids is 5. The second kappa shape index (κ2) is 14.9. The third-order valence-corrected chi connectivity index (χ3v) is 13.4. The molecule has 1 aromatic rings. The first-order valence-corrected chi connectivity index (χ1v) is 20.6. The van der Waals surface area contributed by atoms with Gasteiger partial charge >= 0.3 is 12.2 Å². The molecule has 3 fully saturated rings. The van der Waals surface area contributed by atoms with Gasteiger partial charge in [-0.15, -0.1) is 11.8 Å². The quantitative estimate of drug-likeness (QED) is 0.363. The Morgan fingerprint density at radius 2 is 1.88 bits per heavy atom. The molecule has 0 aromatic heterocycles. The van der Waals surface area contributed by atoms with Crippen molar-refractivity contribution in [3.05, 3.63) is 41.5 Å². The number of alkyl carbamates (subject to hydrolysis) is 1. The van der Waals surface area contributed by atoms with Crippen LogP contribution in [-0.4, -0.2) is 96.0 Å². The third kappa shape index (κ3) is 8.22. The van der Waals surface area contributed by atoms with Crippen molar-refractivity contribution in [1.29, 1.82) is 0 Å². The summed E-state index contributed by atoms with van der Waals surface area (Å²) in [5.41, 5.74) is -0.200. The van der Waals surface area contributed by atoms with Crippen LogP contribution in [0.5, 0.6) is 0 Å². The van der Waals surface area contributed by atoms with Crippen LogP contribution < -0.4 is 15.4 Å². The number of benzene rings is 1. The zero-order chi connectivity index (χ0) is 37.4. The van der Waals surface area contributed by atoms with Crippen molar-refractivity contribution < 1.29 is 41.9 Å². The van der Waals surface area contributed by atoms with Crippen molar-refractivity contribution in [1.82, 2.24) is 25.2 Å². The molecule has 14 nitrogen and oxygen atoms in total. The lowest BCUT2D eigenvalue weighted by atomic mass is 9.85.